The lowest BCUT2D eigenvalue weighted by Crippen LogP contribution is -2.10. The molecule has 2 aromatic carbocycles. The summed E-state index contributed by atoms with van der Waals surface area (Å²) in [6.07, 6.45) is 5.46. The number of aliphatic carboxylic acids is 1. The standard InChI is InChI=1S/C26H26N2O3/c29-25(30)14-18-7-2-1-3-9-23-26(18)21-13-12-20(15-24(21)28-23)31-16-19-11-10-17-6-4-5-8-22(17)27-19/h4-6,8,10-13,15,18,28H,1-3,7,9,14,16H2,(H,29,30). The molecule has 0 aliphatic heterocycles. The van der Waals surface area contributed by atoms with Crippen LogP contribution in [0, 0.1) is 0 Å². The number of carboxylic acids is 1. The molecular weight excluding hydrogens is 388 g/mol. The number of benzene rings is 2. The predicted octanol–water partition coefficient (Wildman–Crippen LogP) is 5.97. The Hall–Kier alpha value is -3.34. The van der Waals surface area contributed by atoms with Crippen LogP contribution in [0.4, 0.5) is 0 Å². The van der Waals surface area contributed by atoms with Crippen molar-refractivity contribution >= 4 is 27.8 Å². The maximum atomic E-state index is 11.5. The Kier molecular flexibility index (Phi) is 5.33. The predicted molar refractivity (Wildman–Crippen MR) is 122 cm³/mol. The van der Waals surface area contributed by atoms with Gasteiger partial charge in [0.25, 0.3) is 0 Å². The van der Waals surface area contributed by atoms with Gasteiger partial charge in [0.05, 0.1) is 17.6 Å². The minimum Gasteiger partial charge on any atom is -0.487 e. The molecule has 0 amide bonds. The Morgan fingerprint density at radius 2 is 2.00 bits per heavy atom. The summed E-state index contributed by atoms with van der Waals surface area (Å²) in [5.41, 5.74) is 5.26. The number of H-pyrrole nitrogens is 1. The van der Waals surface area contributed by atoms with E-state index < -0.39 is 5.97 Å². The molecule has 2 aromatic heterocycles. The van der Waals surface area contributed by atoms with Crippen molar-refractivity contribution in [1.82, 2.24) is 9.97 Å². The number of rotatable bonds is 5. The first-order valence-electron chi connectivity index (χ1n) is 11.0. The lowest BCUT2D eigenvalue weighted by Gasteiger charge is -2.19. The molecule has 4 aromatic rings. The van der Waals surface area contributed by atoms with Gasteiger partial charge in [-0.3, -0.25) is 4.79 Å². The van der Waals surface area contributed by atoms with Gasteiger partial charge < -0.3 is 14.8 Å². The molecule has 0 saturated heterocycles. The minimum atomic E-state index is -0.728. The summed E-state index contributed by atoms with van der Waals surface area (Å²) in [5.74, 6) is 0.121. The lowest BCUT2D eigenvalue weighted by atomic mass is 9.85. The maximum absolute atomic E-state index is 11.5. The van der Waals surface area contributed by atoms with E-state index in [2.05, 4.69) is 28.2 Å². The van der Waals surface area contributed by atoms with Gasteiger partial charge in [-0.25, -0.2) is 4.98 Å². The molecule has 2 heterocycles. The van der Waals surface area contributed by atoms with Gasteiger partial charge in [-0.2, -0.15) is 0 Å². The molecule has 1 atom stereocenters. The molecule has 2 N–H and O–H groups in total. The Morgan fingerprint density at radius 1 is 1.10 bits per heavy atom. The highest BCUT2D eigenvalue weighted by molar-refractivity contribution is 5.87. The highest BCUT2D eigenvalue weighted by Gasteiger charge is 2.24. The smallest absolute Gasteiger partial charge is 0.303 e. The third-order valence-corrected chi connectivity index (χ3v) is 6.24. The van der Waals surface area contributed by atoms with E-state index in [-0.39, 0.29) is 12.3 Å². The molecule has 0 saturated carbocycles. The van der Waals surface area contributed by atoms with E-state index in [4.69, 9.17) is 4.74 Å². The lowest BCUT2D eigenvalue weighted by molar-refractivity contribution is -0.137. The van der Waals surface area contributed by atoms with Crippen molar-refractivity contribution in [2.45, 2.75) is 51.0 Å². The van der Waals surface area contributed by atoms with Gasteiger partial charge in [0.15, 0.2) is 0 Å². The van der Waals surface area contributed by atoms with E-state index in [1.54, 1.807) is 0 Å². The topological polar surface area (TPSA) is 75.2 Å². The van der Waals surface area contributed by atoms with Crippen molar-refractivity contribution in [1.29, 1.82) is 0 Å². The fraction of sp³-hybridized carbons (Fsp3) is 0.308. The van der Waals surface area contributed by atoms with Crippen LogP contribution in [0.3, 0.4) is 0 Å². The van der Waals surface area contributed by atoms with E-state index in [0.717, 1.165) is 65.4 Å². The number of ether oxygens (including phenoxy) is 1. The largest absolute Gasteiger partial charge is 0.487 e. The molecule has 5 rings (SSSR count). The summed E-state index contributed by atoms with van der Waals surface area (Å²) in [4.78, 5) is 19.7. The summed E-state index contributed by atoms with van der Waals surface area (Å²) in [7, 11) is 0. The van der Waals surface area contributed by atoms with Crippen LogP contribution < -0.4 is 4.74 Å². The van der Waals surface area contributed by atoms with E-state index >= 15 is 0 Å². The third kappa shape index (κ3) is 4.13. The minimum absolute atomic E-state index is 0.0649. The van der Waals surface area contributed by atoms with Gasteiger partial charge >= 0.3 is 5.97 Å². The maximum Gasteiger partial charge on any atom is 0.303 e. The number of nitrogens with one attached hydrogen (secondary N) is 1. The second-order valence-corrected chi connectivity index (χ2v) is 8.40. The van der Waals surface area contributed by atoms with Gasteiger partial charge in [-0.15, -0.1) is 0 Å². The van der Waals surface area contributed by atoms with Crippen LogP contribution >= 0.6 is 0 Å². The highest BCUT2D eigenvalue weighted by atomic mass is 16.5. The molecular formula is C26H26N2O3. The highest BCUT2D eigenvalue weighted by Crippen LogP contribution is 2.38. The number of aryl methyl sites for hydroxylation is 1. The molecule has 0 bridgehead atoms. The summed E-state index contributed by atoms with van der Waals surface area (Å²) < 4.78 is 6.05. The Labute approximate surface area is 181 Å². The van der Waals surface area contributed by atoms with Crippen molar-refractivity contribution in [2.75, 3.05) is 0 Å². The molecule has 1 aliphatic carbocycles. The summed E-state index contributed by atoms with van der Waals surface area (Å²) in [6, 6.07) is 18.2. The summed E-state index contributed by atoms with van der Waals surface area (Å²) >= 11 is 0. The summed E-state index contributed by atoms with van der Waals surface area (Å²) in [5, 5.41) is 11.7. The van der Waals surface area contributed by atoms with Crippen LogP contribution in [0.5, 0.6) is 5.75 Å². The van der Waals surface area contributed by atoms with Gasteiger partial charge in [0.1, 0.15) is 12.4 Å². The second-order valence-electron chi connectivity index (χ2n) is 8.40. The molecule has 5 heteroatoms. The van der Waals surface area contributed by atoms with E-state index in [9.17, 15) is 9.90 Å². The summed E-state index contributed by atoms with van der Waals surface area (Å²) in [6.45, 7) is 0.401. The molecule has 0 spiro atoms. The van der Waals surface area contributed by atoms with Crippen LogP contribution in [-0.4, -0.2) is 21.0 Å². The molecule has 158 valence electrons. The number of nitrogens with zero attached hydrogens (tertiary/aromatic N) is 1. The fourth-order valence-corrected chi connectivity index (χ4v) is 4.78. The molecule has 5 nitrogen and oxygen atoms in total. The van der Waals surface area contributed by atoms with Crippen LogP contribution in [0.2, 0.25) is 0 Å². The van der Waals surface area contributed by atoms with E-state index in [1.165, 1.54) is 11.3 Å². The molecule has 0 radical (unpaired) electrons. The van der Waals surface area contributed by atoms with Gasteiger partial charge in [0, 0.05) is 28.0 Å². The number of para-hydroxylation sites is 1. The normalized spacial score (nSPS) is 16.6. The number of carboxylic acid groups (broad SMARTS) is 1. The quantitative estimate of drug-likeness (QED) is 0.422. The van der Waals surface area contributed by atoms with Crippen LogP contribution in [0.15, 0.2) is 54.6 Å². The Bertz CT molecular complexity index is 1240. The molecule has 31 heavy (non-hydrogen) atoms. The number of hydrogen-bond donors (Lipinski definition) is 2. The number of fused-ring (bicyclic) bond motifs is 4. The van der Waals surface area contributed by atoms with Crippen molar-refractivity contribution in [2.24, 2.45) is 0 Å². The second kappa shape index (κ2) is 8.42. The Balaban J connectivity index is 1.41. The fourth-order valence-electron chi connectivity index (χ4n) is 4.78. The van der Waals surface area contributed by atoms with Gasteiger partial charge in [-0.1, -0.05) is 37.1 Å². The number of aromatic nitrogens is 2. The zero-order chi connectivity index (χ0) is 21.2. The first kappa shape index (κ1) is 19.6. The van der Waals surface area contributed by atoms with Crippen LogP contribution in [-0.2, 0) is 17.8 Å². The zero-order valence-corrected chi connectivity index (χ0v) is 17.4. The van der Waals surface area contributed by atoms with E-state index in [0.29, 0.717) is 6.61 Å². The van der Waals surface area contributed by atoms with Crippen molar-refractivity contribution in [3.05, 3.63) is 71.5 Å². The van der Waals surface area contributed by atoms with Gasteiger partial charge in [0.2, 0.25) is 0 Å². The van der Waals surface area contributed by atoms with Crippen molar-refractivity contribution < 1.29 is 14.6 Å². The van der Waals surface area contributed by atoms with Crippen LogP contribution in [0.25, 0.3) is 21.8 Å². The molecule has 1 unspecified atom stereocenters. The average Bonchev–Trinajstić information content (AvgIpc) is 3.11. The number of carbonyl (C=O) groups is 1. The molecule has 1 aliphatic rings. The molecule has 0 fully saturated rings. The first-order chi connectivity index (χ1) is 15.2. The van der Waals surface area contributed by atoms with Crippen molar-refractivity contribution in [3.8, 4) is 5.75 Å². The van der Waals surface area contributed by atoms with Gasteiger partial charge in [-0.05, 0) is 55.0 Å². The zero-order valence-electron chi connectivity index (χ0n) is 17.4. The average molecular weight is 415 g/mol. The van der Waals surface area contributed by atoms with Crippen molar-refractivity contribution in [3.63, 3.8) is 0 Å². The third-order valence-electron chi connectivity index (χ3n) is 6.24. The SMILES string of the molecule is O=C(O)CC1CCCCCc2[nH]c3cc(OCc4ccc5ccccc5n4)ccc3c21. The van der Waals surface area contributed by atoms with E-state index in [1.807, 2.05) is 36.4 Å². The monoisotopic (exact) mass is 414 g/mol. The number of aromatic amines is 1. The number of hydrogen-bond acceptors (Lipinski definition) is 3. The van der Waals surface area contributed by atoms with Crippen LogP contribution in [0.1, 0.15) is 55.0 Å². The number of pyridine rings is 1. The Morgan fingerprint density at radius 3 is 2.90 bits per heavy atom. The first-order valence-corrected chi connectivity index (χ1v) is 11.0.